The molecule has 2 unspecified atom stereocenters. The number of amides is 2. The number of carbonyl (C=O) groups excluding carboxylic acids is 6. The van der Waals surface area contributed by atoms with Crippen molar-refractivity contribution in [1.29, 1.82) is 0 Å². The van der Waals surface area contributed by atoms with Gasteiger partial charge < -0.3 is 39.1 Å². The van der Waals surface area contributed by atoms with Gasteiger partial charge in [-0.3, -0.25) is 14.4 Å². The molecular formula is C43H72N2O12. The number of unbranched alkanes of at least 4 members (excludes halogenated alkanes) is 3. The minimum Gasteiger partial charge on any atom is -0.466 e. The highest BCUT2D eigenvalue weighted by Crippen LogP contribution is 2.49. The molecule has 2 aliphatic carbocycles. The van der Waals surface area contributed by atoms with E-state index in [1.807, 2.05) is 0 Å². The largest absolute Gasteiger partial charge is 0.466 e. The summed E-state index contributed by atoms with van der Waals surface area (Å²) >= 11 is 0. The number of alkyl carbamates (subject to hydrolysis) is 2. The van der Waals surface area contributed by atoms with Gasteiger partial charge in [-0.15, -0.1) is 0 Å². The number of ether oxygens (including phenoxy) is 6. The Labute approximate surface area is 340 Å². The molecule has 0 spiro atoms. The summed E-state index contributed by atoms with van der Waals surface area (Å²) in [5.41, 5.74) is 0.108. The maximum atomic E-state index is 12.5. The van der Waals surface area contributed by atoms with Crippen LogP contribution in [-0.4, -0.2) is 87.8 Å². The van der Waals surface area contributed by atoms with Crippen LogP contribution in [0.3, 0.4) is 0 Å². The molecule has 57 heavy (non-hydrogen) atoms. The van der Waals surface area contributed by atoms with Gasteiger partial charge in [0.05, 0.1) is 26.4 Å². The van der Waals surface area contributed by atoms with Crippen LogP contribution in [0.25, 0.3) is 0 Å². The zero-order valence-electron chi connectivity index (χ0n) is 35.9. The number of hydrogen-bond acceptors (Lipinski definition) is 12. The zero-order valence-corrected chi connectivity index (χ0v) is 35.9. The summed E-state index contributed by atoms with van der Waals surface area (Å²) in [6, 6.07) is -0.0246. The quantitative estimate of drug-likeness (QED) is 0.0417. The van der Waals surface area contributed by atoms with E-state index in [-0.39, 0.29) is 111 Å². The molecule has 0 aromatic heterocycles. The first-order valence-electron chi connectivity index (χ1n) is 20.8. The van der Waals surface area contributed by atoms with Crippen molar-refractivity contribution in [1.82, 2.24) is 10.6 Å². The van der Waals surface area contributed by atoms with E-state index in [0.717, 1.165) is 38.2 Å². The van der Waals surface area contributed by atoms with Crippen LogP contribution in [0.15, 0.2) is 12.7 Å². The predicted molar refractivity (Wildman–Crippen MR) is 214 cm³/mol. The Bertz CT molecular complexity index is 1310. The Morgan fingerprint density at radius 2 is 0.895 bits per heavy atom. The van der Waals surface area contributed by atoms with E-state index < -0.39 is 18.2 Å². The van der Waals surface area contributed by atoms with Gasteiger partial charge in [0.2, 0.25) is 0 Å². The first-order valence-corrected chi connectivity index (χ1v) is 20.8. The molecule has 2 rings (SSSR count). The molecule has 326 valence electrons. The lowest BCUT2D eigenvalue weighted by Gasteiger charge is -2.46. The average molecular weight is 809 g/mol. The van der Waals surface area contributed by atoms with Crippen molar-refractivity contribution in [3.63, 3.8) is 0 Å². The van der Waals surface area contributed by atoms with E-state index in [0.29, 0.717) is 51.4 Å². The van der Waals surface area contributed by atoms with E-state index in [4.69, 9.17) is 28.4 Å². The van der Waals surface area contributed by atoms with Gasteiger partial charge in [-0.25, -0.2) is 14.4 Å². The lowest BCUT2D eigenvalue weighted by Crippen LogP contribution is -2.47. The number of hydrogen-bond donors (Lipinski definition) is 2. The van der Waals surface area contributed by atoms with Crippen LogP contribution >= 0.6 is 0 Å². The maximum absolute atomic E-state index is 12.5. The smallest absolute Gasteiger partial charge is 0.407 e. The SMILES string of the molecule is C=CC(=O)OCCOC(=O)NC1CC(C)(C)CC(C)(CCC(=O)OCCCCOC(=O)CCCCC(=O)OCCCCOC(=O)NC2CC(C)(C)CC(C)(C)C2)C1. The fourth-order valence-electron chi connectivity index (χ4n) is 8.92. The van der Waals surface area contributed by atoms with Gasteiger partial charge in [0.25, 0.3) is 0 Å². The molecule has 0 aromatic carbocycles. The Hall–Kier alpha value is -3.84. The summed E-state index contributed by atoms with van der Waals surface area (Å²) < 4.78 is 31.3. The van der Waals surface area contributed by atoms with E-state index in [9.17, 15) is 28.8 Å². The van der Waals surface area contributed by atoms with Crippen LogP contribution in [-0.2, 0) is 47.6 Å². The van der Waals surface area contributed by atoms with Crippen LogP contribution in [0.4, 0.5) is 9.59 Å². The summed E-state index contributed by atoms with van der Waals surface area (Å²) in [6.07, 6.45) is 10.0. The molecule has 0 saturated heterocycles. The van der Waals surface area contributed by atoms with Gasteiger partial charge in [0.1, 0.15) is 13.2 Å². The standard InChI is InChI=1S/C43H72N2O12/c1-9-34(46)55-24-25-57-39(51)45-33-28-42(6,7)31-43(8,29-33)19-18-37(49)54-22-13-12-20-52-35(47)16-10-11-17-36(48)53-21-14-15-23-56-38(50)44-32-26-40(2,3)30-41(4,5)27-32/h9,32-33H,1,10-31H2,2-8H3,(H,44,50)(H,45,51). The van der Waals surface area contributed by atoms with Gasteiger partial charge in [0.15, 0.2) is 0 Å². The van der Waals surface area contributed by atoms with Crippen LogP contribution in [0, 0.1) is 21.7 Å². The molecule has 2 atom stereocenters. The first kappa shape index (κ1) is 49.3. The van der Waals surface area contributed by atoms with Crippen molar-refractivity contribution in [3.8, 4) is 0 Å². The third-order valence-electron chi connectivity index (χ3n) is 10.4. The first-order chi connectivity index (χ1) is 26.7. The second-order valence-corrected chi connectivity index (χ2v) is 18.6. The molecule has 0 radical (unpaired) electrons. The fraction of sp³-hybridized carbons (Fsp3) is 0.814. The topological polar surface area (TPSA) is 182 Å². The minimum absolute atomic E-state index is 0.0521. The zero-order chi connectivity index (χ0) is 42.5. The summed E-state index contributed by atoms with van der Waals surface area (Å²) in [7, 11) is 0. The lowest BCUT2D eigenvalue weighted by molar-refractivity contribution is -0.147. The molecule has 14 heteroatoms. The number of carbonyl (C=O) groups is 6. The van der Waals surface area contributed by atoms with Crippen LogP contribution in [0.2, 0.25) is 0 Å². The van der Waals surface area contributed by atoms with Crippen molar-refractivity contribution in [2.24, 2.45) is 21.7 Å². The normalized spacial score (nSPS) is 20.9. The average Bonchev–Trinajstić information content (AvgIpc) is 3.08. The third-order valence-corrected chi connectivity index (χ3v) is 10.4. The van der Waals surface area contributed by atoms with Gasteiger partial charge in [-0.1, -0.05) is 55.0 Å². The summed E-state index contributed by atoms with van der Waals surface area (Å²) in [4.78, 5) is 72.4. The number of esters is 4. The minimum atomic E-state index is -0.580. The molecule has 0 bridgehead atoms. The van der Waals surface area contributed by atoms with E-state index in [1.165, 1.54) is 0 Å². The lowest BCUT2D eigenvalue weighted by atomic mass is 9.61. The molecule has 0 aromatic rings. The molecule has 0 heterocycles. The van der Waals surface area contributed by atoms with E-state index in [2.05, 4.69) is 65.7 Å². The van der Waals surface area contributed by atoms with Gasteiger partial charge >= 0.3 is 36.1 Å². The fourth-order valence-corrected chi connectivity index (χ4v) is 8.92. The van der Waals surface area contributed by atoms with Gasteiger partial charge in [-0.2, -0.15) is 0 Å². The van der Waals surface area contributed by atoms with E-state index in [1.54, 1.807) is 0 Å². The summed E-state index contributed by atoms with van der Waals surface area (Å²) in [6.45, 7) is 19.5. The van der Waals surface area contributed by atoms with Crippen LogP contribution in [0.5, 0.6) is 0 Å². The maximum Gasteiger partial charge on any atom is 0.407 e. The third kappa shape index (κ3) is 22.6. The van der Waals surface area contributed by atoms with Gasteiger partial charge in [0, 0.05) is 37.4 Å². The number of nitrogens with one attached hydrogen (secondary N) is 2. The van der Waals surface area contributed by atoms with Crippen LogP contribution in [0.1, 0.15) is 151 Å². The molecule has 2 amide bonds. The molecule has 2 saturated carbocycles. The second-order valence-electron chi connectivity index (χ2n) is 18.6. The molecule has 14 nitrogen and oxygen atoms in total. The highest BCUT2D eigenvalue weighted by molar-refractivity contribution is 5.81. The van der Waals surface area contributed by atoms with Crippen molar-refractivity contribution in [3.05, 3.63) is 12.7 Å². The second kappa shape index (κ2) is 24.2. The van der Waals surface area contributed by atoms with Crippen molar-refractivity contribution < 1.29 is 57.2 Å². The van der Waals surface area contributed by atoms with Crippen LogP contribution < -0.4 is 10.6 Å². The Kier molecular flexibility index (Phi) is 20.9. The van der Waals surface area contributed by atoms with Crippen molar-refractivity contribution in [2.45, 2.75) is 163 Å². The summed E-state index contributed by atoms with van der Waals surface area (Å²) in [5.74, 6) is -1.52. The summed E-state index contributed by atoms with van der Waals surface area (Å²) in [5, 5.41) is 5.93. The Balaban J connectivity index is 1.46. The number of rotatable bonds is 24. The molecule has 0 aliphatic heterocycles. The predicted octanol–water partition coefficient (Wildman–Crippen LogP) is 7.89. The Morgan fingerprint density at radius 1 is 0.509 bits per heavy atom. The molecule has 2 aliphatic rings. The monoisotopic (exact) mass is 809 g/mol. The highest BCUT2D eigenvalue weighted by atomic mass is 16.6. The van der Waals surface area contributed by atoms with Gasteiger partial charge in [-0.05, 0) is 105 Å². The molecule has 2 N–H and O–H groups in total. The Morgan fingerprint density at radius 3 is 1.37 bits per heavy atom. The molecular weight excluding hydrogens is 736 g/mol. The van der Waals surface area contributed by atoms with Crippen molar-refractivity contribution >= 4 is 36.1 Å². The molecule has 2 fully saturated rings. The highest BCUT2D eigenvalue weighted by Gasteiger charge is 2.42. The van der Waals surface area contributed by atoms with E-state index >= 15 is 0 Å². The van der Waals surface area contributed by atoms with Crippen molar-refractivity contribution in [2.75, 3.05) is 39.6 Å².